The molecule has 0 fully saturated rings. The van der Waals surface area contributed by atoms with Crippen molar-refractivity contribution in [2.75, 3.05) is 5.32 Å². The van der Waals surface area contributed by atoms with Crippen LogP contribution in [0.3, 0.4) is 0 Å². The van der Waals surface area contributed by atoms with Crippen LogP contribution in [0.25, 0.3) is 0 Å². The summed E-state index contributed by atoms with van der Waals surface area (Å²) in [6.45, 7) is 4.54. The maximum atomic E-state index is 4.60. The lowest BCUT2D eigenvalue weighted by atomic mass is 10.0. The molecular formula is C27H42N2. The first-order valence-electron chi connectivity index (χ1n) is 12.1. The summed E-state index contributed by atoms with van der Waals surface area (Å²) in [6.07, 6.45) is 20.6. The molecule has 0 spiro atoms. The lowest BCUT2D eigenvalue weighted by Gasteiger charge is -2.08. The number of hydrogen-bond donors (Lipinski definition) is 1. The zero-order valence-corrected chi connectivity index (χ0v) is 18.9. The molecule has 1 aromatic carbocycles. The maximum Gasteiger partial charge on any atom is 0.130 e. The second-order valence-corrected chi connectivity index (χ2v) is 8.41. The maximum absolute atomic E-state index is 4.60. The fraction of sp³-hybridized carbons (Fsp3) is 0.593. The van der Waals surface area contributed by atoms with Crippen LogP contribution in [0.5, 0.6) is 0 Å². The van der Waals surface area contributed by atoms with Gasteiger partial charge in [0.2, 0.25) is 0 Å². The van der Waals surface area contributed by atoms with Crippen LogP contribution in [-0.2, 0) is 12.8 Å². The van der Waals surface area contributed by atoms with Crippen LogP contribution < -0.4 is 5.32 Å². The van der Waals surface area contributed by atoms with Crippen LogP contribution >= 0.6 is 0 Å². The van der Waals surface area contributed by atoms with Gasteiger partial charge in [-0.05, 0) is 55.0 Å². The number of benzene rings is 1. The van der Waals surface area contributed by atoms with Crippen LogP contribution in [0.15, 0.2) is 42.6 Å². The van der Waals surface area contributed by atoms with Gasteiger partial charge in [-0.25, -0.2) is 4.98 Å². The van der Waals surface area contributed by atoms with E-state index in [0.29, 0.717) is 0 Å². The first-order chi connectivity index (χ1) is 14.3. The van der Waals surface area contributed by atoms with Crippen molar-refractivity contribution in [3.8, 4) is 0 Å². The summed E-state index contributed by atoms with van der Waals surface area (Å²) in [7, 11) is 0. The molecule has 0 saturated heterocycles. The van der Waals surface area contributed by atoms with Crippen molar-refractivity contribution >= 4 is 11.5 Å². The van der Waals surface area contributed by atoms with Crippen LogP contribution in [0.1, 0.15) is 102 Å². The van der Waals surface area contributed by atoms with E-state index < -0.39 is 0 Å². The summed E-state index contributed by atoms with van der Waals surface area (Å²) in [5.41, 5.74) is 3.90. The van der Waals surface area contributed by atoms with Gasteiger partial charge >= 0.3 is 0 Å². The average molecular weight is 395 g/mol. The van der Waals surface area contributed by atoms with Gasteiger partial charge in [0.05, 0.1) is 0 Å². The highest BCUT2D eigenvalue weighted by atomic mass is 15.0. The van der Waals surface area contributed by atoms with Gasteiger partial charge in [0.25, 0.3) is 0 Å². The molecule has 0 unspecified atom stereocenters. The van der Waals surface area contributed by atoms with Crippen LogP contribution in [0.4, 0.5) is 11.5 Å². The molecule has 0 saturated carbocycles. The summed E-state index contributed by atoms with van der Waals surface area (Å²) in [5, 5.41) is 3.43. The minimum absolute atomic E-state index is 0.931. The molecule has 0 aliphatic heterocycles. The molecule has 1 heterocycles. The van der Waals surface area contributed by atoms with E-state index in [1.54, 1.807) is 0 Å². The molecule has 0 bridgehead atoms. The first kappa shape index (κ1) is 23.4. The number of nitrogens with one attached hydrogen (secondary N) is 1. The highest BCUT2D eigenvalue weighted by Gasteiger charge is 2.00. The van der Waals surface area contributed by atoms with E-state index in [9.17, 15) is 0 Å². The third-order valence-corrected chi connectivity index (χ3v) is 5.69. The number of unbranched alkanes of at least 4 members (excludes halogenated alkanes) is 10. The smallest absolute Gasteiger partial charge is 0.130 e. The molecule has 0 aliphatic rings. The van der Waals surface area contributed by atoms with Crippen molar-refractivity contribution in [3.63, 3.8) is 0 Å². The van der Waals surface area contributed by atoms with Crippen LogP contribution in [0.2, 0.25) is 0 Å². The summed E-state index contributed by atoms with van der Waals surface area (Å²) in [4.78, 5) is 4.60. The summed E-state index contributed by atoms with van der Waals surface area (Å²) < 4.78 is 0. The molecule has 1 aromatic heterocycles. The minimum Gasteiger partial charge on any atom is -0.340 e. The van der Waals surface area contributed by atoms with Crippen molar-refractivity contribution in [1.29, 1.82) is 0 Å². The summed E-state index contributed by atoms with van der Waals surface area (Å²) in [6, 6.07) is 13.2. The van der Waals surface area contributed by atoms with E-state index in [4.69, 9.17) is 0 Å². The molecule has 1 N–H and O–H groups in total. The number of hydrogen-bond acceptors (Lipinski definition) is 2. The van der Waals surface area contributed by atoms with Gasteiger partial charge in [0.1, 0.15) is 5.82 Å². The number of pyridine rings is 1. The Kier molecular flexibility index (Phi) is 12.2. The van der Waals surface area contributed by atoms with Gasteiger partial charge in [-0.15, -0.1) is 0 Å². The highest BCUT2D eigenvalue weighted by molar-refractivity contribution is 5.56. The summed E-state index contributed by atoms with van der Waals surface area (Å²) >= 11 is 0. The van der Waals surface area contributed by atoms with Gasteiger partial charge in [0, 0.05) is 11.9 Å². The molecule has 29 heavy (non-hydrogen) atoms. The molecule has 0 atom stereocenters. The molecule has 2 nitrogen and oxygen atoms in total. The Hall–Kier alpha value is -1.83. The molecule has 2 rings (SSSR count). The third kappa shape index (κ3) is 10.5. The Morgan fingerprint density at radius 2 is 1.10 bits per heavy atom. The van der Waals surface area contributed by atoms with E-state index in [1.807, 2.05) is 6.20 Å². The molecule has 160 valence electrons. The summed E-state index contributed by atoms with van der Waals surface area (Å²) in [5.74, 6) is 0.931. The molecule has 2 heteroatoms. The van der Waals surface area contributed by atoms with Crippen molar-refractivity contribution in [1.82, 2.24) is 4.98 Å². The van der Waals surface area contributed by atoms with Gasteiger partial charge in [-0.1, -0.05) is 96.3 Å². The lowest BCUT2D eigenvalue weighted by Crippen LogP contribution is -1.95. The number of aromatic nitrogens is 1. The Morgan fingerprint density at radius 1 is 0.586 bits per heavy atom. The molecular weight excluding hydrogens is 352 g/mol. The molecule has 2 aromatic rings. The Morgan fingerprint density at radius 3 is 1.66 bits per heavy atom. The van der Waals surface area contributed by atoms with Crippen LogP contribution in [0, 0.1) is 0 Å². The molecule has 0 aliphatic carbocycles. The van der Waals surface area contributed by atoms with E-state index in [0.717, 1.165) is 17.9 Å². The monoisotopic (exact) mass is 394 g/mol. The standard InChI is InChI=1S/C27H42N2/c1-3-5-7-9-11-13-15-24-17-20-26(21-18-24)29-27-22-19-25(23-28-27)16-14-12-10-8-6-4-2/h17-23H,3-16H2,1-2H3,(H,28,29). The average Bonchev–Trinajstić information content (AvgIpc) is 2.75. The predicted octanol–water partition coefficient (Wildman–Crippen LogP) is 8.63. The SMILES string of the molecule is CCCCCCCCc1ccc(Nc2ccc(CCCCCCCC)cn2)cc1. The highest BCUT2D eigenvalue weighted by Crippen LogP contribution is 2.18. The number of nitrogens with zero attached hydrogens (tertiary/aromatic N) is 1. The van der Waals surface area contributed by atoms with Gasteiger partial charge < -0.3 is 5.32 Å². The van der Waals surface area contributed by atoms with E-state index in [-0.39, 0.29) is 0 Å². The van der Waals surface area contributed by atoms with Gasteiger partial charge in [0.15, 0.2) is 0 Å². The lowest BCUT2D eigenvalue weighted by molar-refractivity contribution is 0.607. The minimum atomic E-state index is 0.931. The Balaban J connectivity index is 1.66. The van der Waals surface area contributed by atoms with Gasteiger partial charge in [-0.3, -0.25) is 0 Å². The van der Waals surface area contributed by atoms with Crippen molar-refractivity contribution in [2.45, 2.75) is 104 Å². The largest absolute Gasteiger partial charge is 0.340 e. The Bertz CT molecular complexity index is 573. The van der Waals surface area contributed by atoms with Crippen molar-refractivity contribution in [3.05, 3.63) is 53.7 Å². The molecule has 0 radical (unpaired) electrons. The van der Waals surface area contributed by atoms with Crippen molar-refractivity contribution < 1.29 is 0 Å². The number of aryl methyl sites for hydroxylation is 2. The second-order valence-electron chi connectivity index (χ2n) is 8.41. The normalized spacial score (nSPS) is 11.0. The Labute approximate surface area is 179 Å². The quantitative estimate of drug-likeness (QED) is 0.288. The predicted molar refractivity (Wildman–Crippen MR) is 128 cm³/mol. The first-order valence-corrected chi connectivity index (χ1v) is 12.1. The van der Waals surface area contributed by atoms with Gasteiger partial charge in [-0.2, -0.15) is 0 Å². The fourth-order valence-electron chi connectivity index (χ4n) is 3.77. The molecule has 0 amide bonds. The zero-order chi connectivity index (χ0) is 20.6. The number of anilines is 2. The van der Waals surface area contributed by atoms with E-state index in [2.05, 4.69) is 60.5 Å². The second kappa shape index (κ2) is 15.1. The van der Waals surface area contributed by atoms with Crippen molar-refractivity contribution in [2.24, 2.45) is 0 Å². The van der Waals surface area contributed by atoms with E-state index in [1.165, 1.54) is 94.6 Å². The fourth-order valence-corrected chi connectivity index (χ4v) is 3.77. The van der Waals surface area contributed by atoms with Crippen LogP contribution in [-0.4, -0.2) is 4.98 Å². The van der Waals surface area contributed by atoms with E-state index >= 15 is 0 Å². The number of rotatable bonds is 16. The topological polar surface area (TPSA) is 24.9 Å². The zero-order valence-electron chi connectivity index (χ0n) is 18.9. The third-order valence-electron chi connectivity index (χ3n) is 5.69.